The number of hydrogen-bond acceptors (Lipinski definition) is 4. The molecule has 5 nitrogen and oxygen atoms in total. The van der Waals surface area contributed by atoms with Crippen LogP contribution in [0.4, 0.5) is 0 Å². The van der Waals surface area contributed by atoms with Crippen LogP contribution in [-0.4, -0.2) is 24.0 Å². The molecule has 2 rings (SSSR count). The minimum absolute atomic E-state index is 0.0133. The van der Waals surface area contributed by atoms with E-state index in [9.17, 15) is 19.6 Å². The predicted octanol–water partition coefficient (Wildman–Crippen LogP) is 8.15. The molecule has 0 aromatic rings. The van der Waals surface area contributed by atoms with Gasteiger partial charge < -0.3 is 5.32 Å². The van der Waals surface area contributed by atoms with Crippen molar-refractivity contribution in [2.24, 2.45) is 38.9 Å². The average molecular weight is 553 g/mol. The van der Waals surface area contributed by atoms with Gasteiger partial charge >= 0.3 is 0 Å². The maximum atomic E-state index is 13.5. The van der Waals surface area contributed by atoms with E-state index in [0.717, 1.165) is 56.9 Å². The van der Waals surface area contributed by atoms with Crippen molar-refractivity contribution in [2.45, 2.75) is 128 Å². The number of amides is 1. The summed E-state index contributed by atoms with van der Waals surface area (Å²) in [5, 5.41) is 12.9. The Bertz CT molecular complexity index is 1090. The first-order valence-corrected chi connectivity index (χ1v) is 15.5. The fourth-order valence-electron chi connectivity index (χ4n) is 7.74. The molecule has 1 fully saturated rings. The second-order valence-electron chi connectivity index (χ2n) is 15.0. The zero-order valence-corrected chi connectivity index (χ0v) is 27.3. The normalized spacial score (nSPS) is 29.7. The molecule has 0 aliphatic heterocycles. The molecule has 1 saturated carbocycles. The third kappa shape index (κ3) is 6.63. The summed E-state index contributed by atoms with van der Waals surface area (Å²) in [4.78, 5) is 39.1. The monoisotopic (exact) mass is 552 g/mol. The van der Waals surface area contributed by atoms with Gasteiger partial charge in [0.15, 0.2) is 11.6 Å². The first kappa shape index (κ1) is 34.0. The van der Waals surface area contributed by atoms with Crippen molar-refractivity contribution >= 4 is 17.5 Å². The molecule has 224 valence electrons. The number of ketones is 2. The van der Waals surface area contributed by atoms with Crippen LogP contribution in [-0.2, 0) is 14.4 Å². The van der Waals surface area contributed by atoms with E-state index in [1.165, 1.54) is 0 Å². The lowest BCUT2D eigenvalue weighted by Gasteiger charge is -2.59. The van der Waals surface area contributed by atoms with Crippen LogP contribution >= 0.6 is 0 Å². The fraction of sp³-hybridized carbons (Fsp3) is 0.771. The van der Waals surface area contributed by atoms with Gasteiger partial charge in [0.2, 0.25) is 5.91 Å². The van der Waals surface area contributed by atoms with E-state index in [1.54, 1.807) is 13.0 Å². The SMILES string of the molecule is CCCC(C)(C)CC[C@@](C)(CCC(C)(C)[C@]1(C)CC[C@H]2[C@H](C)C(=O)C(C#N)=C[C@]2(C)/C1=C/C(C)=O)C(=O)NCC. The average Bonchev–Trinajstić information content (AvgIpc) is 2.86. The van der Waals surface area contributed by atoms with E-state index in [0.29, 0.717) is 6.54 Å². The summed E-state index contributed by atoms with van der Waals surface area (Å²) in [6, 6.07) is 2.14. The van der Waals surface area contributed by atoms with Gasteiger partial charge in [0, 0.05) is 23.3 Å². The van der Waals surface area contributed by atoms with Gasteiger partial charge in [-0.1, -0.05) is 80.4 Å². The highest BCUT2D eigenvalue weighted by Gasteiger charge is 2.58. The van der Waals surface area contributed by atoms with Crippen LogP contribution in [0.2, 0.25) is 0 Å². The number of nitriles is 1. The van der Waals surface area contributed by atoms with Crippen LogP contribution in [0.15, 0.2) is 23.3 Å². The van der Waals surface area contributed by atoms with Crippen LogP contribution in [0.1, 0.15) is 128 Å². The Kier molecular flexibility index (Phi) is 10.5. The summed E-state index contributed by atoms with van der Waals surface area (Å²) < 4.78 is 0. The standard InChI is InChI=1S/C35H56N2O3/c1-12-15-31(5,6)17-19-33(9,30(40)37-13-2)20-18-32(7,8)35(11)16-14-27-25(4)29(39)26(23-36)22-34(27,10)28(35)21-24(3)38/h21-22,25,27H,12-20H2,1-11H3,(H,37,40)/b28-21-/t25-,27-,33-,34-,35+/m0/s1. The van der Waals surface area contributed by atoms with Gasteiger partial charge in [0.05, 0.1) is 5.57 Å². The molecule has 1 N–H and O–H groups in total. The largest absolute Gasteiger partial charge is 0.356 e. The van der Waals surface area contributed by atoms with Crippen molar-refractivity contribution in [3.05, 3.63) is 23.3 Å². The summed E-state index contributed by atoms with van der Waals surface area (Å²) in [5.41, 5.74) is -0.188. The summed E-state index contributed by atoms with van der Waals surface area (Å²) in [6.07, 6.45) is 11.0. The van der Waals surface area contributed by atoms with E-state index in [-0.39, 0.29) is 51.1 Å². The van der Waals surface area contributed by atoms with Crippen LogP contribution in [0.3, 0.4) is 0 Å². The second kappa shape index (κ2) is 12.3. The van der Waals surface area contributed by atoms with E-state index >= 15 is 0 Å². The van der Waals surface area contributed by atoms with Crippen molar-refractivity contribution in [3.8, 4) is 6.07 Å². The molecule has 0 spiro atoms. The third-order valence-electron chi connectivity index (χ3n) is 11.1. The summed E-state index contributed by atoms with van der Waals surface area (Å²) in [5.74, 6) is -0.188. The number of nitrogens with one attached hydrogen (secondary N) is 1. The molecule has 2 aliphatic rings. The van der Waals surface area contributed by atoms with Crippen molar-refractivity contribution in [1.82, 2.24) is 5.32 Å². The molecule has 0 unspecified atom stereocenters. The Morgan fingerprint density at radius 2 is 1.68 bits per heavy atom. The molecule has 1 amide bonds. The highest BCUT2D eigenvalue weighted by Crippen LogP contribution is 2.65. The Hall–Kier alpha value is -2.22. The van der Waals surface area contributed by atoms with Gasteiger partial charge in [-0.05, 0) is 87.0 Å². The maximum absolute atomic E-state index is 13.5. The number of carbonyl (C=O) groups is 3. The second-order valence-corrected chi connectivity index (χ2v) is 15.0. The van der Waals surface area contributed by atoms with E-state index in [2.05, 4.69) is 66.8 Å². The lowest BCUT2D eigenvalue weighted by Crippen LogP contribution is -2.53. The van der Waals surface area contributed by atoms with Crippen molar-refractivity contribution < 1.29 is 14.4 Å². The molecule has 5 atom stereocenters. The van der Waals surface area contributed by atoms with Gasteiger partial charge in [-0.25, -0.2) is 0 Å². The van der Waals surface area contributed by atoms with Crippen LogP contribution in [0.25, 0.3) is 0 Å². The Labute approximate surface area is 244 Å². The molecule has 0 radical (unpaired) electrons. The number of carbonyl (C=O) groups excluding carboxylic acids is 3. The third-order valence-corrected chi connectivity index (χ3v) is 11.1. The van der Waals surface area contributed by atoms with Crippen molar-refractivity contribution in [2.75, 3.05) is 6.54 Å². The molecular weight excluding hydrogens is 496 g/mol. The number of nitrogens with zero attached hydrogens (tertiary/aromatic N) is 1. The molecular formula is C35H56N2O3. The molecule has 0 saturated heterocycles. The number of allylic oxidation sites excluding steroid dienone is 4. The first-order valence-electron chi connectivity index (χ1n) is 15.5. The highest BCUT2D eigenvalue weighted by molar-refractivity contribution is 6.02. The maximum Gasteiger partial charge on any atom is 0.225 e. The summed E-state index contributed by atoms with van der Waals surface area (Å²) in [7, 11) is 0. The minimum Gasteiger partial charge on any atom is -0.356 e. The zero-order valence-electron chi connectivity index (χ0n) is 27.3. The molecule has 0 aromatic heterocycles. The Morgan fingerprint density at radius 3 is 2.20 bits per heavy atom. The van der Waals surface area contributed by atoms with Crippen molar-refractivity contribution in [1.29, 1.82) is 5.26 Å². The van der Waals surface area contributed by atoms with Gasteiger partial charge in [-0.15, -0.1) is 0 Å². The first-order chi connectivity index (χ1) is 18.3. The number of hydrogen-bond donors (Lipinski definition) is 1. The molecule has 40 heavy (non-hydrogen) atoms. The lowest BCUT2D eigenvalue weighted by atomic mass is 9.44. The number of Topliss-reactive ketones (excluding diaryl/α,β-unsaturated/α-hetero) is 1. The number of rotatable bonds is 12. The van der Waals surface area contributed by atoms with Gasteiger partial charge in [-0.3, -0.25) is 14.4 Å². The molecule has 0 heterocycles. The predicted molar refractivity (Wildman–Crippen MR) is 163 cm³/mol. The van der Waals surface area contributed by atoms with E-state index < -0.39 is 10.8 Å². The molecule has 0 bridgehead atoms. The fourth-order valence-corrected chi connectivity index (χ4v) is 7.74. The number of fused-ring (bicyclic) bond motifs is 1. The van der Waals surface area contributed by atoms with Crippen LogP contribution < -0.4 is 5.32 Å². The Morgan fingerprint density at radius 1 is 1.07 bits per heavy atom. The topological polar surface area (TPSA) is 87.0 Å². The molecule has 2 aliphatic carbocycles. The van der Waals surface area contributed by atoms with Crippen LogP contribution in [0, 0.1) is 50.2 Å². The smallest absolute Gasteiger partial charge is 0.225 e. The van der Waals surface area contributed by atoms with Gasteiger partial charge in [0.25, 0.3) is 0 Å². The molecule has 0 aromatic carbocycles. The Balaban J connectivity index is 2.51. The highest BCUT2D eigenvalue weighted by atomic mass is 16.2. The zero-order chi connectivity index (χ0) is 30.7. The molecule has 5 heteroatoms. The van der Waals surface area contributed by atoms with Crippen molar-refractivity contribution in [3.63, 3.8) is 0 Å². The quantitative estimate of drug-likeness (QED) is 0.247. The van der Waals surface area contributed by atoms with E-state index in [4.69, 9.17) is 0 Å². The minimum atomic E-state index is -0.554. The van der Waals surface area contributed by atoms with E-state index in [1.807, 2.05) is 19.9 Å². The summed E-state index contributed by atoms with van der Waals surface area (Å²) >= 11 is 0. The van der Waals surface area contributed by atoms with Crippen LogP contribution in [0.5, 0.6) is 0 Å². The van der Waals surface area contributed by atoms with Gasteiger partial charge in [-0.2, -0.15) is 5.26 Å². The summed E-state index contributed by atoms with van der Waals surface area (Å²) in [6.45, 7) is 24.0. The van der Waals surface area contributed by atoms with Gasteiger partial charge in [0.1, 0.15) is 6.07 Å². The lowest BCUT2D eigenvalue weighted by molar-refractivity contribution is -0.132.